The monoisotopic (exact) mass is 628 g/mol. The number of hydrogen-bond donors (Lipinski definition) is 1. The highest BCUT2D eigenvalue weighted by Crippen LogP contribution is 2.37. The Hall–Kier alpha value is -2.03. The predicted molar refractivity (Wildman–Crippen MR) is 138 cm³/mol. The molecule has 4 rings (SSSR count). The van der Waals surface area contributed by atoms with Crippen LogP contribution in [-0.4, -0.2) is 11.9 Å². The zero-order chi connectivity index (χ0) is 23.7. The van der Waals surface area contributed by atoms with Crippen LogP contribution in [-0.2, 0) is 11.4 Å². The van der Waals surface area contributed by atoms with E-state index in [1.165, 1.54) is 0 Å². The van der Waals surface area contributed by atoms with Crippen LogP contribution >= 0.6 is 66.7 Å². The maximum absolute atomic E-state index is 12.8. The maximum atomic E-state index is 12.8. The Morgan fingerprint density at radius 3 is 2.18 bits per heavy atom. The number of nitrogens with zero attached hydrogens (tertiary/aromatic N) is 1. The molecular formula is C23H13Br2Cl3N2O3. The number of hydrogen-bond acceptors (Lipinski definition) is 3. The smallest absolute Gasteiger partial charge is 0.333 e. The Balaban J connectivity index is 1.54. The van der Waals surface area contributed by atoms with Gasteiger partial charge in [-0.1, -0.05) is 40.9 Å². The minimum absolute atomic E-state index is 0.148. The maximum Gasteiger partial charge on any atom is 0.333 e. The highest BCUT2D eigenvalue weighted by Gasteiger charge is 2.34. The minimum atomic E-state index is -0.536. The second-order valence-corrected chi connectivity index (χ2v) is 9.93. The van der Waals surface area contributed by atoms with Crippen molar-refractivity contribution in [2.24, 2.45) is 0 Å². The van der Waals surface area contributed by atoms with E-state index in [4.69, 9.17) is 39.5 Å². The van der Waals surface area contributed by atoms with Gasteiger partial charge >= 0.3 is 6.03 Å². The first-order valence-corrected chi connectivity index (χ1v) is 12.1. The zero-order valence-corrected chi connectivity index (χ0v) is 22.0. The van der Waals surface area contributed by atoms with Gasteiger partial charge in [0.1, 0.15) is 18.1 Å². The van der Waals surface area contributed by atoms with Crippen molar-refractivity contribution in [3.05, 3.63) is 95.4 Å². The molecule has 0 spiro atoms. The Morgan fingerprint density at radius 1 is 0.909 bits per heavy atom. The first-order chi connectivity index (χ1) is 15.7. The lowest BCUT2D eigenvalue weighted by Gasteiger charge is -2.13. The number of carbonyl (C=O) groups is 2. The van der Waals surface area contributed by atoms with Crippen LogP contribution in [0.25, 0.3) is 6.08 Å². The Kier molecular flexibility index (Phi) is 7.36. The molecule has 5 nitrogen and oxygen atoms in total. The molecule has 3 aromatic rings. The molecule has 1 fully saturated rings. The highest BCUT2D eigenvalue weighted by molar-refractivity contribution is 9.11. The number of anilines is 1. The van der Waals surface area contributed by atoms with Crippen molar-refractivity contribution in [3.63, 3.8) is 0 Å². The van der Waals surface area contributed by atoms with Crippen molar-refractivity contribution in [2.45, 2.75) is 6.61 Å². The average Bonchev–Trinajstić information content (AvgIpc) is 3.02. The van der Waals surface area contributed by atoms with Crippen LogP contribution in [0.2, 0.25) is 15.1 Å². The fourth-order valence-electron chi connectivity index (χ4n) is 3.12. The van der Waals surface area contributed by atoms with Crippen LogP contribution in [0.1, 0.15) is 11.1 Å². The van der Waals surface area contributed by atoms with Crippen molar-refractivity contribution in [2.75, 3.05) is 4.90 Å². The third-order valence-electron chi connectivity index (χ3n) is 4.68. The quantitative estimate of drug-likeness (QED) is 0.231. The third kappa shape index (κ3) is 5.39. The number of halogens is 5. The van der Waals surface area contributed by atoms with E-state index in [0.29, 0.717) is 41.0 Å². The van der Waals surface area contributed by atoms with Gasteiger partial charge in [0.25, 0.3) is 5.91 Å². The fourth-order valence-corrected chi connectivity index (χ4v) is 5.16. The number of amides is 3. The van der Waals surface area contributed by atoms with Crippen molar-refractivity contribution in [3.8, 4) is 5.75 Å². The molecule has 0 bridgehead atoms. The molecule has 0 radical (unpaired) electrons. The molecule has 0 aliphatic carbocycles. The SMILES string of the molecule is O=C1N/C(=C/c2cc(Br)c(OCc3ccc(Cl)cc3Cl)c(Br)c2)C(=O)N1c1ccc(Cl)cc1. The summed E-state index contributed by atoms with van der Waals surface area (Å²) in [5, 5.41) is 4.17. The number of ether oxygens (including phenoxy) is 1. The summed E-state index contributed by atoms with van der Waals surface area (Å²) in [6.07, 6.45) is 1.59. The molecular weight excluding hydrogens is 618 g/mol. The molecule has 33 heavy (non-hydrogen) atoms. The average molecular weight is 632 g/mol. The van der Waals surface area contributed by atoms with Crippen LogP contribution in [0, 0.1) is 0 Å². The zero-order valence-electron chi connectivity index (χ0n) is 16.5. The van der Waals surface area contributed by atoms with Gasteiger partial charge in [-0.25, -0.2) is 9.69 Å². The molecule has 168 valence electrons. The first kappa shape index (κ1) is 24.1. The summed E-state index contributed by atoms with van der Waals surface area (Å²) < 4.78 is 7.23. The summed E-state index contributed by atoms with van der Waals surface area (Å²) in [6.45, 7) is 0.234. The summed E-state index contributed by atoms with van der Waals surface area (Å²) in [7, 11) is 0. The molecule has 0 unspecified atom stereocenters. The van der Waals surface area contributed by atoms with Crippen LogP contribution in [0.4, 0.5) is 10.5 Å². The van der Waals surface area contributed by atoms with Crippen molar-refractivity contribution in [1.82, 2.24) is 5.32 Å². The number of carbonyl (C=O) groups excluding carboxylic acids is 2. The van der Waals surface area contributed by atoms with Crippen LogP contribution in [0.15, 0.2) is 69.2 Å². The third-order valence-corrected chi connectivity index (χ3v) is 6.70. The van der Waals surface area contributed by atoms with Crippen molar-refractivity contribution >= 4 is 90.4 Å². The normalized spacial score (nSPS) is 14.7. The van der Waals surface area contributed by atoms with E-state index >= 15 is 0 Å². The van der Waals surface area contributed by atoms with Gasteiger partial charge in [-0.15, -0.1) is 0 Å². The molecule has 10 heteroatoms. The summed E-state index contributed by atoms with van der Waals surface area (Å²) in [6, 6.07) is 14.7. The molecule has 0 aromatic heterocycles. The number of nitrogens with one attached hydrogen (secondary N) is 1. The Bertz CT molecular complexity index is 1270. The van der Waals surface area contributed by atoms with Crippen LogP contribution in [0.5, 0.6) is 5.75 Å². The van der Waals surface area contributed by atoms with E-state index in [1.807, 2.05) is 0 Å². The number of rotatable bonds is 5. The molecule has 1 N–H and O–H groups in total. The molecule has 1 saturated heterocycles. The fraction of sp³-hybridized carbons (Fsp3) is 0.0435. The lowest BCUT2D eigenvalue weighted by Crippen LogP contribution is -2.30. The van der Waals surface area contributed by atoms with Gasteiger partial charge in [0.15, 0.2) is 0 Å². The lowest BCUT2D eigenvalue weighted by atomic mass is 10.1. The first-order valence-electron chi connectivity index (χ1n) is 9.41. The van der Waals surface area contributed by atoms with Gasteiger partial charge in [0.2, 0.25) is 0 Å². The standard InChI is InChI=1S/C23H13Br2Cl3N2O3/c24-17-7-12(8-18(25)21(17)33-11-13-1-2-15(27)10-19(13)28)9-20-22(31)30(23(32)29-20)16-5-3-14(26)4-6-16/h1-10H,11H2,(H,29,32)/b20-9+. The van der Waals surface area contributed by atoms with Gasteiger partial charge in [-0.3, -0.25) is 4.79 Å². The van der Waals surface area contributed by atoms with Crippen LogP contribution < -0.4 is 15.0 Å². The molecule has 1 aliphatic rings. The van der Waals surface area contributed by atoms with Gasteiger partial charge in [0, 0.05) is 20.6 Å². The Labute approximate surface area is 221 Å². The molecule has 0 atom stereocenters. The summed E-state index contributed by atoms with van der Waals surface area (Å²) in [5.74, 6) is 0.0972. The van der Waals surface area contributed by atoms with E-state index in [0.717, 1.165) is 10.5 Å². The molecule has 1 heterocycles. The van der Waals surface area contributed by atoms with Crippen molar-refractivity contribution in [1.29, 1.82) is 0 Å². The number of urea groups is 1. The topological polar surface area (TPSA) is 58.6 Å². The highest BCUT2D eigenvalue weighted by atomic mass is 79.9. The van der Waals surface area contributed by atoms with E-state index in [1.54, 1.807) is 60.7 Å². The molecule has 1 aliphatic heterocycles. The van der Waals surface area contributed by atoms with Gasteiger partial charge in [-0.05, 0) is 92.0 Å². The van der Waals surface area contributed by atoms with E-state index in [-0.39, 0.29) is 12.3 Å². The van der Waals surface area contributed by atoms with Gasteiger partial charge in [-0.2, -0.15) is 0 Å². The Morgan fingerprint density at radius 2 is 1.55 bits per heavy atom. The number of benzene rings is 3. The minimum Gasteiger partial charge on any atom is -0.486 e. The summed E-state index contributed by atoms with van der Waals surface area (Å²) >= 11 is 25.0. The van der Waals surface area contributed by atoms with Crippen LogP contribution in [0.3, 0.4) is 0 Å². The second-order valence-electron chi connectivity index (χ2n) is 6.94. The number of imide groups is 1. The molecule has 3 aromatic carbocycles. The van der Waals surface area contributed by atoms with Crippen molar-refractivity contribution < 1.29 is 14.3 Å². The molecule has 3 amide bonds. The van der Waals surface area contributed by atoms with E-state index in [2.05, 4.69) is 37.2 Å². The second kappa shape index (κ2) is 10.1. The molecule has 0 saturated carbocycles. The largest absolute Gasteiger partial charge is 0.486 e. The summed E-state index contributed by atoms with van der Waals surface area (Å²) in [4.78, 5) is 26.3. The lowest BCUT2D eigenvalue weighted by molar-refractivity contribution is -0.113. The predicted octanol–water partition coefficient (Wildman–Crippen LogP) is 7.85. The van der Waals surface area contributed by atoms with Gasteiger partial charge in [0.05, 0.1) is 14.6 Å². The van der Waals surface area contributed by atoms with E-state index < -0.39 is 11.9 Å². The van der Waals surface area contributed by atoms with Gasteiger partial charge < -0.3 is 10.1 Å². The summed E-state index contributed by atoms with van der Waals surface area (Å²) in [5.41, 5.74) is 2.03. The van der Waals surface area contributed by atoms with E-state index in [9.17, 15) is 9.59 Å².